The Balaban J connectivity index is 1.81. The van der Waals surface area contributed by atoms with Crippen molar-refractivity contribution in [1.82, 2.24) is 9.99 Å². The van der Waals surface area contributed by atoms with Gasteiger partial charge in [-0.1, -0.05) is 18.2 Å². The second-order valence-corrected chi connectivity index (χ2v) is 6.71. The molecule has 29 heavy (non-hydrogen) atoms. The lowest BCUT2D eigenvalue weighted by molar-refractivity contribution is 0.0952. The number of rotatable bonds is 6. The third-order valence-corrected chi connectivity index (χ3v) is 4.85. The van der Waals surface area contributed by atoms with Gasteiger partial charge in [0.2, 0.25) is 0 Å². The van der Waals surface area contributed by atoms with E-state index in [1.54, 1.807) is 31.5 Å². The SMILES string of the molecule is COc1ccc(C(=O)NN=Cc2cc(C)n(-c3ccccc3C)c2C)c(OC)c1. The number of hydrazone groups is 1. The molecule has 0 aliphatic carbocycles. The molecule has 1 N–H and O–H groups in total. The summed E-state index contributed by atoms with van der Waals surface area (Å²) < 4.78 is 12.6. The highest BCUT2D eigenvalue weighted by Gasteiger charge is 2.14. The van der Waals surface area contributed by atoms with Gasteiger partial charge in [-0.05, 0) is 50.6 Å². The maximum absolute atomic E-state index is 12.5. The molecule has 3 rings (SSSR count). The Morgan fingerprint density at radius 2 is 1.79 bits per heavy atom. The fraction of sp³-hybridized carbons (Fsp3) is 0.217. The van der Waals surface area contributed by atoms with Crippen LogP contribution in [-0.4, -0.2) is 30.9 Å². The Hall–Kier alpha value is -3.54. The molecular formula is C23H25N3O3. The molecule has 0 saturated heterocycles. The van der Waals surface area contributed by atoms with Crippen molar-refractivity contribution >= 4 is 12.1 Å². The molecule has 0 aliphatic rings. The zero-order valence-electron chi connectivity index (χ0n) is 17.3. The van der Waals surface area contributed by atoms with Gasteiger partial charge < -0.3 is 14.0 Å². The van der Waals surface area contributed by atoms with E-state index in [0.29, 0.717) is 17.1 Å². The lowest BCUT2D eigenvalue weighted by Gasteiger charge is -2.12. The van der Waals surface area contributed by atoms with E-state index in [0.717, 1.165) is 22.6 Å². The summed E-state index contributed by atoms with van der Waals surface area (Å²) in [6.45, 7) is 6.18. The van der Waals surface area contributed by atoms with Crippen LogP contribution in [0.25, 0.3) is 5.69 Å². The molecule has 0 bridgehead atoms. The van der Waals surface area contributed by atoms with Gasteiger partial charge in [0.05, 0.1) is 26.0 Å². The van der Waals surface area contributed by atoms with E-state index >= 15 is 0 Å². The van der Waals surface area contributed by atoms with Crippen molar-refractivity contribution in [3.8, 4) is 17.2 Å². The minimum atomic E-state index is -0.353. The van der Waals surface area contributed by atoms with Crippen LogP contribution in [0.4, 0.5) is 0 Å². The first-order valence-electron chi connectivity index (χ1n) is 9.26. The third kappa shape index (κ3) is 4.16. The largest absolute Gasteiger partial charge is 0.497 e. The average Bonchev–Trinajstić information content (AvgIpc) is 3.01. The lowest BCUT2D eigenvalue weighted by Crippen LogP contribution is -2.18. The number of nitrogens with one attached hydrogen (secondary N) is 1. The number of benzene rings is 2. The third-order valence-electron chi connectivity index (χ3n) is 4.85. The standard InChI is InChI=1S/C23H25N3O3/c1-15-8-6-7-9-21(15)26-16(2)12-18(17(26)3)14-24-25-23(27)20-11-10-19(28-4)13-22(20)29-5/h6-14H,1-5H3,(H,25,27). The molecule has 0 aliphatic heterocycles. The van der Waals surface area contributed by atoms with Gasteiger partial charge in [-0.2, -0.15) is 5.10 Å². The fourth-order valence-electron chi connectivity index (χ4n) is 3.31. The normalized spacial score (nSPS) is 10.9. The van der Waals surface area contributed by atoms with Crippen LogP contribution in [0.5, 0.6) is 11.5 Å². The topological polar surface area (TPSA) is 64.8 Å². The van der Waals surface area contributed by atoms with Crippen molar-refractivity contribution < 1.29 is 14.3 Å². The maximum Gasteiger partial charge on any atom is 0.275 e. The molecule has 0 saturated carbocycles. The number of ether oxygens (including phenoxy) is 2. The van der Waals surface area contributed by atoms with Crippen LogP contribution in [0.1, 0.15) is 32.9 Å². The van der Waals surface area contributed by atoms with E-state index in [1.165, 1.54) is 12.7 Å². The zero-order chi connectivity index (χ0) is 21.0. The van der Waals surface area contributed by atoms with Gasteiger partial charge in [-0.15, -0.1) is 0 Å². The van der Waals surface area contributed by atoms with E-state index in [9.17, 15) is 4.79 Å². The summed E-state index contributed by atoms with van der Waals surface area (Å²) in [6, 6.07) is 15.3. The van der Waals surface area contributed by atoms with Gasteiger partial charge in [-0.3, -0.25) is 4.79 Å². The number of aromatic nitrogens is 1. The number of amides is 1. The van der Waals surface area contributed by atoms with Crippen molar-refractivity contribution in [3.05, 3.63) is 76.6 Å². The first kappa shape index (κ1) is 20.2. The highest BCUT2D eigenvalue weighted by Crippen LogP contribution is 2.25. The number of hydrogen-bond donors (Lipinski definition) is 1. The molecule has 1 heterocycles. The number of hydrogen-bond acceptors (Lipinski definition) is 4. The van der Waals surface area contributed by atoms with E-state index in [4.69, 9.17) is 9.47 Å². The Morgan fingerprint density at radius 3 is 2.48 bits per heavy atom. The quantitative estimate of drug-likeness (QED) is 0.506. The molecule has 0 radical (unpaired) electrons. The first-order chi connectivity index (χ1) is 14.0. The van der Waals surface area contributed by atoms with Crippen LogP contribution in [0.3, 0.4) is 0 Å². The minimum absolute atomic E-state index is 0.353. The molecule has 3 aromatic rings. The summed E-state index contributed by atoms with van der Waals surface area (Å²) in [5.41, 5.74) is 8.37. The zero-order valence-corrected chi connectivity index (χ0v) is 17.3. The smallest absolute Gasteiger partial charge is 0.275 e. The predicted octanol–water partition coefficient (Wildman–Crippen LogP) is 4.18. The second-order valence-electron chi connectivity index (χ2n) is 6.71. The van der Waals surface area contributed by atoms with Crippen LogP contribution in [0.2, 0.25) is 0 Å². The summed E-state index contributed by atoms with van der Waals surface area (Å²) in [7, 11) is 3.07. The number of para-hydroxylation sites is 1. The summed E-state index contributed by atoms with van der Waals surface area (Å²) in [6.07, 6.45) is 1.66. The molecule has 0 unspecified atom stereocenters. The highest BCUT2D eigenvalue weighted by molar-refractivity contribution is 5.97. The molecule has 1 aromatic heterocycles. The number of carbonyl (C=O) groups is 1. The van der Waals surface area contributed by atoms with Crippen LogP contribution < -0.4 is 14.9 Å². The van der Waals surface area contributed by atoms with Crippen LogP contribution in [0.15, 0.2) is 53.6 Å². The summed E-state index contributed by atoms with van der Waals surface area (Å²) >= 11 is 0. The van der Waals surface area contributed by atoms with Crippen molar-refractivity contribution in [2.24, 2.45) is 5.10 Å². The maximum atomic E-state index is 12.5. The van der Waals surface area contributed by atoms with Gasteiger partial charge in [-0.25, -0.2) is 5.43 Å². The number of carbonyl (C=O) groups excluding carboxylic acids is 1. The molecular weight excluding hydrogens is 366 g/mol. The molecule has 0 fully saturated rings. The Labute approximate surface area is 170 Å². The van der Waals surface area contributed by atoms with Gasteiger partial charge in [0.1, 0.15) is 11.5 Å². The molecule has 150 valence electrons. The van der Waals surface area contributed by atoms with Crippen LogP contribution >= 0.6 is 0 Å². The van der Waals surface area contributed by atoms with Gasteiger partial charge in [0.25, 0.3) is 5.91 Å². The average molecular weight is 391 g/mol. The van der Waals surface area contributed by atoms with E-state index in [1.807, 2.05) is 25.1 Å². The fourth-order valence-corrected chi connectivity index (χ4v) is 3.31. The Kier molecular flexibility index (Phi) is 6.02. The van der Waals surface area contributed by atoms with E-state index in [-0.39, 0.29) is 5.91 Å². The Bertz CT molecular complexity index is 1070. The summed E-state index contributed by atoms with van der Waals surface area (Å²) in [4.78, 5) is 12.5. The van der Waals surface area contributed by atoms with Crippen molar-refractivity contribution in [2.75, 3.05) is 14.2 Å². The predicted molar refractivity (Wildman–Crippen MR) is 115 cm³/mol. The van der Waals surface area contributed by atoms with Crippen molar-refractivity contribution in [3.63, 3.8) is 0 Å². The van der Waals surface area contributed by atoms with Crippen LogP contribution in [0, 0.1) is 20.8 Å². The first-order valence-corrected chi connectivity index (χ1v) is 9.26. The molecule has 0 atom stereocenters. The summed E-state index contributed by atoms with van der Waals surface area (Å²) in [5, 5.41) is 4.14. The number of aryl methyl sites for hydroxylation is 2. The van der Waals surface area contributed by atoms with Gasteiger partial charge in [0.15, 0.2) is 0 Å². The van der Waals surface area contributed by atoms with Gasteiger partial charge in [0, 0.05) is 28.7 Å². The van der Waals surface area contributed by atoms with E-state index < -0.39 is 0 Å². The number of nitrogens with zero attached hydrogens (tertiary/aromatic N) is 2. The van der Waals surface area contributed by atoms with E-state index in [2.05, 4.69) is 41.1 Å². The van der Waals surface area contributed by atoms with Crippen molar-refractivity contribution in [2.45, 2.75) is 20.8 Å². The molecule has 0 spiro atoms. The number of methoxy groups -OCH3 is 2. The molecule has 6 nitrogen and oxygen atoms in total. The lowest BCUT2D eigenvalue weighted by atomic mass is 10.2. The second kappa shape index (κ2) is 8.65. The highest BCUT2D eigenvalue weighted by atomic mass is 16.5. The monoisotopic (exact) mass is 391 g/mol. The van der Waals surface area contributed by atoms with Gasteiger partial charge >= 0.3 is 0 Å². The Morgan fingerprint density at radius 1 is 1.03 bits per heavy atom. The summed E-state index contributed by atoms with van der Waals surface area (Å²) in [5.74, 6) is 0.689. The molecule has 6 heteroatoms. The molecule has 2 aromatic carbocycles. The minimum Gasteiger partial charge on any atom is -0.497 e. The van der Waals surface area contributed by atoms with Crippen LogP contribution in [-0.2, 0) is 0 Å². The molecule has 1 amide bonds. The van der Waals surface area contributed by atoms with Crippen molar-refractivity contribution in [1.29, 1.82) is 0 Å².